The summed E-state index contributed by atoms with van der Waals surface area (Å²) in [5, 5.41) is 11.8. The molecule has 0 spiro atoms. The van der Waals surface area contributed by atoms with Crippen LogP contribution < -0.4 is 10.1 Å². The van der Waals surface area contributed by atoms with E-state index in [1.54, 1.807) is 12.1 Å². The second kappa shape index (κ2) is 5.57. The summed E-state index contributed by atoms with van der Waals surface area (Å²) >= 11 is 0. The van der Waals surface area contributed by atoms with E-state index in [0.29, 0.717) is 12.0 Å². The van der Waals surface area contributed by atoms with E-state index in [1.807, 2.05) is 13.8 Å². The molecule has 0 fully saturated rings. The van der Waals surface area contributed by atoms with Crippen LogP contribution in [0.5, 0.6) is 5.75 Å². The number of fused-ring (bicyclic) bond motifs is 1. The van der Waals surface area contributed by atoms with E-state index in [-0.39, 0.29) is 30.2 Å². The Kier molecular flexibility index (Phi) is 4.04. The van der Waals surface area contributed by atoms with Crippen LogP contribution in [-0.2, 0) is 11.2 Å². The predicted octanol–water partition coefficient (Wildman–Crippen LogP) is 1.26. The lowest BCUT2D eigenvalue weighted by atomic mass is 10.0. The van der Waals surface area contributed by atoms with Gasteiger partial charge in [0.25, 0.3) is 5.91 Å². The van der Waals surface area contributed by atoms with E-state index >= 15 is 0 Å². The van der Waals surface area contributed by atoms with Crippen molar-refractivity contribution in [3.8, 4) is 5.75 Å². The fraction of sp³-hybridized carbons (Fsp3) is 0.500. The smallest absolute Gasteiger partial charge is 0.261 e. The van der Waals surface area contributed by atoms with Crippen molar-refractivity contribution >= 4 is 5.91 Å². The number of ether oxygens (including phenoxy) is 1. The van der Waals surface area contributed by atoms with Gasteiger partial charge in [-0.05, 0) is 18.9 Å². The third-order valence-electron chi connectivity index (χ3n) is 3.52. The Morgan fingerprint density at radius 1 is 1.58 bits per heavy atom. The number of benzene rings is 1. The van der Waals surface area contributed by atoms with Gasteiger partial charge in [-0.15, -0.1) is 0 Å². The predicted molar refractivity (Wildman–Crippen MR) is 68.4 cm³/mol. The van der Waals surface area contributed by atoms with Gasteiger partial charge in [0.05, 0.1) is 0 Å². The minimum absolute atomic E-state index is 0.00181. The van der Waals surface area contributed by atoms with Crippen LogP contribution in [0, 0.1) is 11.7 Å². The molecule has 0 saturated carbocycles. The van der Waals surface area contributed by atoms with Gasteiger partial charge in [-0.1, -0.05) is 19.1 Å². The molecular formula is C14H18FNO3. The Labute approximate surface area is 111 Å². The maximum atomic E-state index is 13.5. The normalized spacial score (nSPS) is 20.3. The van der Waals surface area contributed by atoms with Gasteiger partial charge in [-0.2, -0.15) is 0 Å². The maximum Gasteiger partial charge on any atom is 0.261 e. The molecule has 5 heteroatoms. The summed E-state index contributed by atoms with van der Waals surface area (Å²) in [7, 11) is 0. The maximum absolute atomic E-state index is 13.5. The number of carbonyl (C=O) groups is 1. The molecule has 0 radical (unpaired) electrons. The number of hydrogen-bond acceptors (Lipinski definition) is 3. The third-order valence-corrected chi connectivity index (χ3v) is 3.52. The largest absolute Gasteiger partial charge is 0.477 e. The van der Waals surface area contributed by atoms with Gasteiger partial charge < -0.3 is 15.2 Å². The fourth-order valence-electron chi connectivity index (χ4n) is 1.99. The first-order valence-corrected chi connectivity index (χ1v) is 6.38. The summed E-state index contributed by atoms with van der Waals surface area (Å²) in [5.41, 5.74) is 0.711. The standard InChI is InChI=1S/C14H18FNO3/c1-8(7-17)9(2)16-14(18)12-6-10-4-3-5-11(15)13(10)19-12/h3-5,8-9,12,17H,6-7H2,1-2H3,(H,16,18). The van der Waals surface area contributed by atoms with Gasteiger partial charge in [-0.3, -0.25) is 4.79 Å². The molecule has 1 aliphatic rings. The van der Waals surface area contributed by atoms with Crippen molar-refractivity contribution in [2.24, 2.45) is 5.92 Å². The first-order chi connectivity index (χ1) is 9.02. The lowest BCUT2D eigenvalue weighted by molar-refractivity contribution is -0.128. The van der Waals surface area contributed by atoms with Crippen LogP contribution in [0.2, 0.25) is 0 Å². The molecule has 1 aromatic rings. The summed E-state index contributed by atoms with van der Waals surface area (Å²) in [4.78, 5) is 12.0. The van der Waals surface area contributed by atoms with Crippen molar-refractivity contribution in [1.82, 2.24) is 5.32 Å². The van der Waals surface area contributed by atoms with Gasteiger partial charge >= 0.3 is 0 Å². The zero-order valence-electron chi connectivity index (χ0n) is 11.0. The molecule has 104 valence electrons. The number of halogens is 1. The van der Waals surface area contributed by atoms with Gasteiger partial charge in [0.2, 0.25) is 0 Å². The Balaban J connectivity index is 1.99. The monoisotopic (exact) mass is 267 g/mol. The number of aliphatic hydroxyl groups excluding tert-OH is 1. The van der Waals surface area contributed by atoms with E-state index in [2.05, 4.69) is 5.32 Å². The van der Waals surface area contributed by atoms with E-state index in [0.717, 1.165) is 0 Å². The van der Waals surface area contributed by atoms with E-state index in [1.165, 1.54) is 6.07 Å². The van der Waals surface area contributed by atoms with Crippen LogP contribution in [0.15, 0.2) is 18.2 Å². The highest BCUT2D eigenvalue weighted by Crippen LogP contribution is 2.31. The molecule has 3 unspecified atom stereocenters. The molecule has 1 aliphatic heterocycles. The first-order valence-electron chi connectivity index (χ1n) is 6.38. The van der Waals surface area contributed by atoms with Crippen molar-refractivity contribution < 1.29 is 19.0 Å². The number of carbonyl (C=O) groups excluding carboxylic acids is 1. The van der Waals surface area contributed by atoms with Crippen LogP contribution in [-0.4, -0.2) is 29.8 Å². The Morgan fingerprint density at radius 2 is 2.32 bits per heavy atom. The van der Waals surface area contributed by atoms with Crippen molar-refractivity contribution in [2.45, 2.75) is 32.4 Å². The summed E-state index contributed by atoms with van der Waals surface area (Å²) in [6, 6.07) is 4.52. The summed E-state index contributed by atoms with van der Waals surface area (Å²) in [6.45, 7) is 3.66. The first kappa shape index (κ1) is 13.8. The molecule has 0 saturated heterocycles. The van der Waals surface area contributed by atoms with Crippen molar-refractivity contribution in [3.63, 3.8) is 0 Å². The quantitative estimate of drug-likeness (QED) is 0.863. The van der Waals surface area contributed by atoms with Gasteiger partial charge in [-0.25, -0.2) is 4.39 Å². The molecule has 19 heavy (non-hydrogen) atoms. The highest BCUT2D eigenvalue weighted by Gasteiger charge is 2.32. The van der Waals surface area contributed by atoms with E-state index in [9.17, 15) is 9.18 Å². The summed E-state index contributed by atoms with van der Waals surface area (Å²) in [6.07, 6.45) is -0.320. The van der Waals surface area contributed by atoms with Gasteiger partial charge in [0.1, 0.15) is 0 Å². The van der Waals surface area contributed by atoms with Gasteiger partial charge in [0.15, 0.2) is 17.7 Å². The number of rotatable bonds is 4. The lowest BCUT2D eigenvalue weighted by Gasteiger charge is -2.21. The third kappa shape index (κ3) is 2.87. The second-order valence-corrected chi connectivity index (χ2v) is 5.00. The molecule has 0 bridgehead atoms. The Bertz CT molecular complexity index is 478. The molecule has 3 atom stereocenters. The fourth-order valence-corrected chi connectivity index (χ4v) is 1.99. The van der Waals surface area contributed by atoms with Crippen LogP contribution in [0.3, 0.4) is 0 Å². The highest BCUT2D eigenvalue weighted by molar-refractivity contribution is 5.82. The number of amides is 1. The Hall–Kier alpha value is -1.62. The minimum atomic E-state index is -0.694. The lowest BCUT2D eigenvalue weighted by Crippen LogP contribution is -2.45. The zero-order chi connectivity index (χ0) is 14.0. The summed E-state index contributed by atoms with van der Waals surface area (Å²) < 4.78 is 18.8. The van der Waals surface area contributed by atoms with Gasteiger partial charge in [0, 0.05) is 24.6 Å². The summed E-state index contributed by atoms with van der Waals surface area (Å²) in [5.74, 6) is -0.581. The number of para-hydroxylation sites is 1. The number of aliphatic hydroxyl groups is 1. The van der Waals surface area contributed by atoms with Crippen LogP contribution >= 0.6 is 0 Å². The van der Waals surface area contributed by atoms with Crippen molar-refractivity contribution in [1.29, 1.82) is 0 Å². The molecule has 0 aliphatic carbocycles. The van der Waals surface area contributed by atoms with Crippen molar-refractivity contribution in [3.05, 3.63) is 29.6 Å². The van der Waals surface area contributed by atoms with Crippen LogP contribution in [0.25, 0.3) is 0 Å². The van der Waals surface area contributed by atoms with Crippen molar-refractivity contribution in [2.75, 3.05) is 6.61 Å². The molecule has 1 heterocycles. The molecule has 1 amide bonds. The molecule has 1 aromatic carbocycles. The van der Waals surface area contributed by atoms with E-state index in [4.69, 9.17) is 9.84 Å². The molecule has 4 nitrogen and oxygen atoms in total. The average molecular weight is 267 g/mol. The number of hydrogen-bond donors (Lipinski definition) is 2. The molecule has 0 aromatic heterocycles. The topological polar surface area (TPSA) is 58.6 Å². The zero-order valence-corrected chi connectivity index (χ0v) is 11.0. The SMILES string of the molecule is CC(CO)C(C)NC(=O)C1Cc2cccc(F)c2O1. The molecule has 2 N–H and O–H groups in total. The van der Waals surface area contributed by atoms with Crippen LogP contribution in [0.1, 0.15) is 19.4 Å². The molecule has 2 rings (SSSR count). The average Bonchev–Trinajstić information content (AvgIpc) is 2.83. The second-order valence-electron chi connectivity index (χ2n) is 5.00. The van der Waals surface area contributed by atoms with E-state index < -0.39 is 11.9 Å². The highest BCUT2D eigenvalue weighted by atomic mass is 19.1. The van der Waals surface area contributed by atoms with Crippen LogP contribution in [0.4, 0.5) is 4.39 Å². The Morgan fingerprint density at radius 3 is 2.95 bits per heavy atom. The molecular weight excluding hydrogens is 249 g/mol. The number of nitrogens with one attached hydrogen (secondary N) is 1. The minimum Gasteiger partial charge on any atom is -0.477 e.